The maximum atomic E-state index is 11.5. The molecule has 3 nitrogen and oxygen atoms in total. The Labute approximate surface area is 96.4 Å². The van der Waals surface area contributed by atoms with Crippen molar-refractivity contribution in [3.63, 3.8) is 0 Å². The second-order valence-electron chi connectivity index (χ2n) is 4.58. The molecule has 1 rings (SSSR count). The molecule has 0 bridgehead atoms. The zero-order valence-electron chi connectivity index (χ0n) is 10.2. The van der Waals surface area contributed by atoms with E-state index in [0.717, 1.165) is 0 Å². The summed E-state index contributed by atoms with van der Waals surface area (Å²) >= 11 is 0. The van der Waals surface area contributed by atoms with Crippen molar-refractivity contribution in [3.05, 3.63) is 23.8 Å². The Hall–Kier alpha value is -1.56. The molecule has 2 atom stereocenters. The number of rotatable bonds is 3. The maximum Gasteiger partial charge on any atom is 0.309 e. The molecule has 0 aromatic rings. The molecule has 0 spiro atoms. The molecule has 0 heterocycles. The lowest BCUT2D eigenvalue weighted by atomic mass is 10.1. The lowest BCUT2D eigenvalue weighted by molar-refractivity contribution is -0.143. The van der Waals surface area contributed by atoms with Crippen LogP contribution in [0.4, 0.5) is 0 Å². The van der Waals surface area contributed by atoms with E-state index in [4.69, 9.17) is 10.00 Å². The van der Waals surface area contributed by atoms with Crippen molar-refractivity contribution < 1.29 is 9.53 Å². The Bertz CT molecular complexity index is 385. The summed E-state index contributed by atoms with van der Waals surface area (Å²) in [6, 6.07) is 2.11. The second kappa shape index (κ2) is 4.52. The van der Waals surface area contributed by atoms with Gasteiger partial charge in [0.1, 0.15) is 0 Å². The third-order valence-corrected chi connectivity index (χ3v) is 3.20. The fraction of sp³-hybridized carbons (Fsp3) is 0.538. The first kappa shape index (κ1) is 12.5. The molecular weight excluding hydrogens is 202 g/mol. The molecule has 0 amide bonds. The Balaban J connectivity index is 2.85. The highest BCUT2D eigenvalue weighted by Gasteiger charge is 2.61. The molecule has 0 saturated heterocycles. The molecule has 86 valence electrons. The maximum absolute atomic E-state index is 11.5. The van der Waals surface area contributed by atoms with Gasteiger partial charge in [-0.1, -0.05) is 26.0 Å². The van der Waals surface area contributed by atoms with E-state index in [0.29, 0.717) is 5.57 Å². The first-order valence-electron chi connectivity index (χ1n) is 5.31. The quantitative estimate of drug-likeness (QED) is 0.416. The van der Waals surface area contributed by atoms with E-state index in [9.17, 15) is 4.79 Å². The van der Waals surface area contributed by atoms with Crippen molar-refractivity contribution in [1.29, 1.82) is 5.26 Å². The lowest BCUT2D eigenvalue weighted by Gasteiger charge is -1.99. The van der Waals surface area contributed by atoms with Crippen LogP contribution in [0.15, 0.2) is 23.8 Å². The minimum Gasteiger partial charge on any atom is -0.469 e. The monoisotopic (exact) mass is 219 g/mol. The zero-order chi connectivity index (χ0) is 12.3. The molecule has 1 aliphatic rings. The van der Waals surface area contributed by atoms with Crippen LogP contribution >= 0.6 is 0 Å². The molecule has 0 radical (unpaired) electrons. The standard InChI is InChI=1S/C13H17NO2/c1-5-6-9(8-14)7-10-11(12(15)16-4)13(10,2)3/h5-7,10-11H,1-4H3. The molecule has 0 aliphatic heterocycles. The Kier molecular flexibility index (Phi) is 3.54. The van der Waals surface area contributed by atoms with Crippen LogP contribution in [0.2, 0.25) is 0 Å². The molecule has 16 heavy (non-hydrogen) atoms. The van der Waals surface area contributed by atoms with E-state index in [1.807, 2.05) is 32.9 Å². The van der Waals surface area contributed by atoms with Gasteiger partial charge in [-0.3, -0.25) is 4.79 Å². The summed E-state index contributed by atoms with van der Waals surface area (Å²) < 4.78 is 4.75. The molecule has 0 aromatic heterocycles. The minimum absolute atomic E-state index is 0.100. The summed E-state index contributed by atoms with van der Waals surface area (Å²) in [5.74, 6) is -0.207. The van der Waals surface area contributed by atoms with E-state index in [-0.39, 0.29) is 23.2 Å². The third-order valence-electron chi connectivity index (χ3n) is 3.20. The summed E-state index contributed by atoms with van der Waals surface area (Å²) in [4.78, 5) is 11.5. The predicted molar refractivity (Wildman–Crippen MR) is 61.3 cm³/mol. The molecule has 1 saturated carbocycles. The van der Waals surface area contributed by atoms with Gasteiger partial charge in [0, 0.05) is 5.57 Å². The molecule has 1 fully saturated rings. The fourth-order valence-corrected chi connectivity index (χ4v) is 2.07. The fourth-order valence-electron chi connectivity index (χ4n) is 2.07. The van der Waals surface area contributed by atoms with Gasteiger partial charge in [-0.2, -0.15) is 5.26 Å². The van der Waals surface area contributed by atoms with Gasteiger partial charge in [-0.25, -0.2) is 0 Å². The van der Waals surface area contributed by atoms with Crippen LogP contribution in [0.25, 0.3) is 0 Å². The van der Waals surface area contributed by atoms with Gasteiger partial charge in [-0.15, -0.1) is 0 Å². The number of carbonyl (C=O) groups excluding carboxylic acids is 1. The van der Waals surface area contributed by atoms with Gasteiger partial charge in [0.05, 0.1) is 19.1 Å². The molecule has 2 unspecified atom stereocenters. The minimum atomic E-state index is -0.191. The largest absolute Gasteiger partial charge is 0.469 e. The van der Waals surface area contributed by atoms with Gasteiger partial charge >= 0.3 is 5.97 Å². The lowest BCUT2D eigenvalue weighted by Crippen LogP contribution is -2.07. The van der Waals surface area contributed by atoms with Crippen LogP contribution in [0.3, 0.4) is 0 Å². The van der Waals surface area contributed by atoms with Gasteiger partial charge in [-0.05, 0) is 24.3 Å². The zero-order valence-corrected chi connectivity index (χ0v) is 10.2. The first-order chi connectivity index (χ1) is 7.48. The second-order valence-corrected chi connectivity index (χ2v) is 4.58. The Morgan fingerprint density at radius 2 is 2.12 bits per heavy atom. The van der Waals surface area contributed by atoms with Crippen molar-refractivity contribution in [2.24, 2.45) is 17.3 Å². The van der Waals surface area contributed by atoms with Crippen LogP contribution in [-0.4, -0.2) is 13.1 Å². The van der Waals surface area contributed by atoms with Crippen LogP contribution < -0.4 is 0 Å². The van der Waals surface area contributed by atoms with Crippen molar-refractivity contribution in [2.75, 3.05) is 7.11 Å². The molecule has 0 aromatic carbocycles. The number of nitrogens with zero attached hydrogens (tertiary/aromatic N) is 1. The average Bonchev–Trinajstić information content (AvgIpc) is 2.78. The number of carbonyl (C=O) groups is 1. The van der Waals surface area contributed by atoms with Gasteiger partial charge < -0.3 is 4.74 Å². The predicted octanol–water partition coefficient (Wildman–Crippen LogP) is 2.46. The number of hydrogen-bond donors (Lipinski definition) is 0. The molecule has 1 aliphatic carbocycles. The SMILES string of the molecule is CC=CC(C#N)=CC1C(C(=O)OC)C1(C)C. The van der Waals surface area contributed by atoms with Gasteiger partial charge in [0.25, 0.3) is 0 Å². The van der Waals surface area contributed by atoms with E-state index < -0.39 is 0 Å². The number of allylic oxidation sites excluding steroid dienone is 4. The van der Waals surface area contributed by atoms with Crippen LogP contribution in [-0.2, 0) is 9.53 Å². The Morgan fingerprint density at radius 1 is 1.50 bits per heavy atom. The summed E-state index contributed by atoms with van der Waals surface area (Å²) in [5.41, 5.74) is 0.503. The smallest absolute Gasteiger partial charge is 0.309 e. The van der Waals surface area contributed by atoms with Gasteiger partial charge in [0.2, 0.25) is 0 Å². The van der Waals surface area contributed by atoms with Crippen molar-refractivity contribution in [2.45, 2.75) is 20.8 Å². The van der Waals surface area contributed by atoms with Crippen molar-refractivity contribution in [1.82, 2.24) is 0 Å². The van der Waals surface area contributed by atoms with Crippen molar-refractivity contribution >= 4 is 5.97 Å². The topological polar surface area (TPSA) is 50.1 Å². The van der Waals surface area contributed by atoms with Crippen LogP contribution in [0.5, 0.6) is 0 Å². The normalized spacial score (nSPS) is 27.6. The summed E-state index contributed by atoms with van der Waals surface area (Å²) in [6.07, 6.45) is 5.43. The summed E-state index contributed by atoms with van der Waals surface area (Å²) in [5, 5.41) is 8.90. The number of methoxy groups -OCH3 is 1. The van der Waals surface area contributed by atoms with E-state index in [1.54, 1.807) is 6.08 Å². The third kappa shape index (κ3) is 2.16. The number of esters is 1. The average molecular weight is 219 g/mol. The molecule has 3 heteroatoms. The highest BCUT2D eigenvalue weighted by molar-refractivity contribution is 5.78. The van der Waals surface area contributed by atoms with E-state index in [1.165, 1.54) is 7.11 Å². The van der Waals surface area contributed by atoms with Crippen LogP contribution in [0.1, 0.15) is 20.8 Å². The van der Waals surface area contributed by atoms with E-state index >= 15 is 0 Å². The number of nitriles is 1. The summed E-state index contributed by atoms with van der Waals surface area (Å²) in [7, 11) is 1.40. The van der Waals surface area contributed by atoms with Crippen molar-refractivity contribution in [3.8, 4) is 6.07 Å². The van der Waals surface area contributed by atoms with Gasteiger partial charge in [0.15, 0.2) is 0 Å². The van der Waals surface area contributed by atoms with E-state index in [2.05, 4.69) is 6.07 Å². The van der Waals surface area contributed by atoms with Crippen LogP contribution in [0, 0.1) is 28.6 Å². The molecule has 0 N–H and O–H groups in total. The first-order valence-corrected chi connectivity index (χ1v) is 5.31. The highest BCUT2D eigenvalue weighted by atomic mass is 16.5. The molecular formula is C13H17NO2. The highest BCUT2D eigenvalue weighted by Crippen LogP contribution is 2.59. The number of hydrogen-bond acceptors (Lipinski definition) is 3. The number of ether oxygens (including phenoxy) is 1. The Morgan fingerprint density at radius 3 is 2.56 bits per heavy atom. The summed E-state index contributed by atoms with van der Waals surface area (Å²) in [6.45, 7) is 5.89.